The standard InChI is InChI=1S/C27H25N2/c1-18-15-24-23(21-11-8-13-28-26(21)27(24,2)3)17-22(18)25-16-20(12-14-29(25)4)19-9-6-5-7-10-19/h5-17H,1-4H3/q+1/i2D3,3D3. The van der Waals surface area contributed by atoms with Gasteiger partial charge in [0.15, 0.2) is 6.20 Å². The van der Waals surface area contributed by atoms with Gasteiger partial charge in [-0.3, -0.25) is 4.98 Å². The Hall–Kier alpha value is -3.26. The van der Waals surface area contributed by atoms with Crippen molar-refractivity contribution in [2.45, 2.75) is 26.0 Å². The summed E-state index contributed by atoms with van der Waals surface area (Å²) in [4.78, 5) is 4.34. The number of aryl methyl sites for hydroxylation is 2. The molecule has 0 saturated heterocycles. The van der Waals surface area contributed by atoms with E-state index in [0.29, 0.717) is 11.1 Å². The smallest absolute Gasteiger partial charge is 0.213 e. The van der Waals surface area contributed by atoms with Crippen LogP contribution in [0.25, 0.3) is 33.5 Å². The van der Waals surface area contributed by atoms with E-state index in [1.54, 1.807) is 18.2 Å². The van der Waals surface area contributed by atoms with Crippen LogP contribution in [0.1, 0.15) is 38.7 Å². The zero-order valence-corrected chi connectivity index (χ0v) is 16.4. The second kappa shape index (κ2) is 6.38. The number of hydrogen-bond donors (Lipinski definition) is 0. The molecule has 5 rings (SSSR count). The maximum Gasteiger partial charge on any atom is 0.213 e. The summed E-state index contributed by atoms with van der Waals surface area (Å²) in [5.74, 6) is 0. The maximum atomic E-state index is 8.37. The summed E-state index contributed by atoms with van der Waals surface area (Å²) in [6.45, 7) is -3.75. The fourth-order valence-electron chi connectivity index (χ4n) is 4.21. The Kier molecular flexibility index (Phi) is 2.71. The molecular weight excluding hydrogens is 352 g/mol. The van der Waals surface area contributed by atoms with Crippen LogP contribution in [0.4, 0.5) is 0 Å². The van der Waals surface area contributed by atoms with Crippen LogP contribution < -0.4 is 4.57 Å². The lowest BCUT2D eigenvalue weighted by Gasteiger charge is -2.21. The predicted molar refractivity (Wildman–Crippen MR) is 119 cm³/mol. The highest BCUT2D eigenvalue weighted by Gasteiger charge is 2.37. The van der Waals surface area contributed by atoms with E-state index in [-0.39, 0.29) is 11.3 Å². The van der Waals surface area contributed by atoms with E-state index >= 15 is 0 Å². The molecule has 0 fully saturated rings. The number of rotatable bonds is 2. The minimum atomic E-state index is -2.82. The van der Waals surface area contributed by atoms with Gasteiger partial charge in [0.2, 0.25) is 5.69 Å². The van der Waals surface area contributed by atoms with Crippen molar-refractivity contribution in [3.05, 3.63) is 95.9 Å². The highest BCUT2D eigenvalue weighted by Crippen LogP contribution is 2.49. The monoisotopic (exact) mass is 383 g/mol. The van der Waals surface area contributed by atoms with Crippen LogP contribution in [-0.2, 0) is 12.5 Å². The van der Waals surface area contributed by atoms with Crippen molar-refractivity contribution in [2.75, 3.05) is 0 Å². The maximum absolute atomic E-state index is 8.37. The molecule has 2 heteroatoms. The van der Waals surface area contributed by atoms with Gasteiger partial charge in [-0.2, -0.15) is 0 Å². The van der Waals surface area contributed by atoms with Crippen molar-refractivity contribution in [2.24, 2.45) is 7.05 Å². The molecule has 1 aliphatic rings. The highest BCUT2D eigenvalue weighted by molar-refractivity contribution is 5.84. The Morgan fingerprint density at radius 1 is 0.862 bits per heavy atom. The third kappa shape index (κ3) is 2.71. The molecule has 0 N–H and O–H groups in total. The van der Waals surface area contributed by atoms with E-state index in [1.807, 2.05) is 49.0 Å². The summed E-state index contributed by atoms with van der Waals surface area (Å²) in [6.07, 6.45) is 3.46. The molecule has 0 unspecified atom stereocenters. The Morgan fingerprint density at radius 2 is 1.69 bits per heavy atom. The van der Waals surface area contributed by atoms with Crippen molar-refractivity contribution in [1.82, 2.24) is 4.98 Å². The van der Waals surface area contributed by atoms with Crippen LogP contribution in [0.15, 0.2) is 79.1 Å². The topological polar surface area (TPSA) is 16.8 Å². The van der Waals surface area contributed by atoms with Gasteiger partial charge in [-0.1, -0.05) is 56.2 Å². The van der Waals surface area contributed by atoms with Crippen molar-refractivity contribution in [3.63, 3.8) is 0 Å². The molecule has 0 radical (unpaired) electrons. The predicted octanol–water partition coefficient (Wildman–Crippen LogP) is 5.85. The minimum Gasteiger partial charge on any atom is -0.260 e. The Morgan fingerprint density at radius 3 is 2.48 bits per heavy atom. The number of pyridine rings is 2. The first-order valence-corrected chi connectivity index (χ1v) is 9.63. The molecule has 2 nitrogen and oxygen atoms in total. The van der Waals surface area contributed by atoms with Gasteiger partial charge in [-0.05, 0) is 46.9 Å². The molecule has 0 bridgehead atoms. The van der Waals surface area contributed by atoms with Crippen LogP contribution in [0, 0.1) is 6.92 Å². The van der Waals surface area contributed by atoms with E-state index in [0.717, 1.165) is 27.9 Å². The molecule has 29 heavy (non-hydrogen) atoms. The van der Waals surface area contributed by atoms with E-state index < -0.39 is 19.1 Å². The molecule has 0 aliphatic heterocycles. The summed E-state index contributed by atoms with van der Waals surface area (Å²) in [6, 6.07) is 21.4. The van der Waals surface area contributed by atoms with Gasteiger partial charge in [-0.25, -0.2) is 4.57 Å². The van der Waals surface area contributed by atoms with Crippen molar-refractivity contribution in [3.8, 4) is 33.5 Å². The van der Waals surface area contributed by atoms with Crippen molar-refractivity contribution < 1.29 is 12.8 Å². The Bertz CT molecular complexity index is 1420. The largest absolute Gasteiger partial charge is 0.260 e. The van der Waals surface area contributed by atoms with E-state index in [9.17, 15) is 0 Å². The normalized spacial score (nSPS) is 17.7. The van der Waals surface area contributed by atoms with Crippen LogP contribution in [-0.4, -0.2) is 4.98 Å². The van der Waals surface area contributed by atoms with Gasteiger partial charge in [0, 0.05) is 43.1 Å². The third-order valence-corrected chi connectivity index (χ3v) is 5.75. The lowest BCUT2D eigenvalue weighted by atomic mass is 9.83. The fraction of sp³-hybridized carbons (Fsp3) is 0.185. The molecule has 0 amide bonds. The zero-order valence-electron chi connectivity index (χ0n) is 22.4. The van der Waals surface area contributed by atoms with Gasteiger partial charge < -0.3 is 0 Å². The molecule has 0 spiro atoms. The lowest BCUT2D eigenvalue weighted by Crippen LogP contribution is -2.30. The second-order valence-electron chi connectivity index (χ2n) is 7.64. The van der Waals surface area contributed by atoms with E-state index in [2.05, 4.69) is 29.2 Å². The first-order valence-electron chi connectivity index (χ1n) is 12.6. The van der Waals surface area contributed by atoms with Crippen LogP contribution in [0.3, 0.4) is 0 Å². The number of hydrogen-bond acceptors (Lipinski definition) is 1. The molecule has 0 saturated carbocycles. The summed E-state index contributed by atoms with van der Waals surface area (Å²) in [7, 11) is 1.96. The minimum absolute atomic E-state index is 0.0916. The molecule has 1 aliphatic carbocycles. The second-order valence-corrected chi connectivity index (χ2v) is 7.64. The summed E-state index contributed by atoms with van der Waals surface area (Å²) in [5, 5.41) is 0. The number of aromatic nitrogens is 2. The molecule has 142 valence electrons. The first-order chi connectivity index (χ1) is 16.5. The van der Waals surface area contributed by atoms with Crippen molar-refractivity contribution in [1.29, 1.82) is 0 Å². The quantitative estimate of drug-likeness (QED) is 0.397. The Balaban J connectivity index is 1.80. The number of nitrogens with zero attached hydrogens (tertiary/aromatic N) is 2. The average molecular weight is 384 g/mol. The lowest BCUT2D eigenvalue weighted by molar-refractivity contribution is -0.660. The number of fused-ring (bicyclic) bond motifs is 3. The highest BCUT2D eigenvalue weighted by atomic mass is 14.9. The Labute approximate surface area is 181 Å². The molecule has 0 atom stereocenters. The van der Waals surface area contributed by atoms with Crippen LogP contribution >= 0.6 is 0 Å². The van der Waals surface area contributed by atoms with Gasteiger partial charge in [0.25, 0.3) is 0 Å². The zero-order chi connectivity index (χ0) is 25.2. The van der Waals surface area contributed by atoms with E-state index in [1.165, 1.54) is 6.20 Å². The van der Waals surface area contributed by atoms with Gasteiger partial charge in [0.1, 0.15) is 7.05 Å². The molecule has 2 aromatic heterocycles. The molecule has 4 aromatic rings. The van der Waals surface area contributed by atoms with Gasteiger partial charge >= 0.3 is 0 Å². The summed E-state index contributed by atoms with van der Waals surface area (Å²) >= 11 is 0. The summed E-state index contributed by atoms with van der Waals surface area (Å²) in [5.41, 5.74) is 4.14. The van der Waals surface area contributed by atoms with E-state index in [4.69, 9.17) is 8.22 Å². The third-order valence-electron chi connectivity index (χ3n) is 5.75. The SMILES string of the molecule is [2H]C([2H])([2H])C1(C([2H])([2H])[2H])c2cc(C)c(-c3cc(-c4ccccc4)cc[n+]3C)cc2-c2cccnc21. The van der Waals surface area contributed by atoms with Gasteiger partial charge in [-0.15, -0.1) is 0 Å². The van der Waals surface area contributed by atoms with Gasteiger partial charge in [0.05, 0.1) is 5.69 Å². The number of benzene rings is 2. The fourth-order valence-corrected chi connectivity index (χ4v) is 4.21. The molecular formula is C27H25N2+. The first kappa shape index (κ1) is 12.3. The molecule has 2 heterocycles. The summed E-state index contributed by atoms with van der Waals surface area (Å²) < 4.78 is 52.2. The molecule has 2 aromatic carbocycles. The van der Waals surface area contributed by atoms with Crippen molar-refractivity contribution >= 4 is 0 Å². The van der Waals surface area contributed by atoms with Crippen LogP contribution in [0.5, 0.6) is 0 Å². The van der Waals surface area contributed by atoms with Crippen LogP contribution in [0.2, 0.25) is 0 Å². The average Bonchev–Trinajstić information content (AvgIpc) is 3.10.